The van der Waals surface area contributed by atoms with Gasteiger partial charge in [-0.05, 0) is 74.7 Å². The number of carbonyl (C=O) groups is 1. The number of nitrogens with one attached hydrogen (secondary N) is 1. The molecule has 0 bridgehead atoms. The van der Waals surface area contributed by atoms with Gasteiger partial charge in [-0.25, -0.2) is 4.98 Å². The Morgan fingerprint density at radius 3 is 2.61 bits per heavy atom. The van der Waals surface area contributed by atoms with E-state index in [2.05, 4.69) is 21.3 Å². The number of nitrogens with zero attached hydrogens (tertiary/aromatic N) is 3. The number of benzene rings is 3. The number of aryl methyl sites for hydroxylation is 2. The number of aromatic nitrogens is 2. The molecule has 2 heterocycles. The molecule has 1 aliphatic heterocycles. The molecule has 1 saturated heterocycles. The van der Waals surface area contributed by atoms with Crippen LogP contribution in [0.2, 0.25) is 0 Å². The molecule has 1 fully saturated rings. The Morgan fingerprint density at radius 1 is 1.06 bits per heavy atom. The first kappa shape index (κ1) is 23.6. The number of hydrogen-bond donors (Lipinski definition) is 2. The van der Waals surface area contributed by atoms with Crippen LogP contribution in [-0.2, 0) is 0 Å². The molecule has 0 aliphatic carbocycles. The Balaban J connectivity index is 1.43. The fraction of sp³-hybridized carbons (Fsp3) is 0.241. The van der Waals surface area contributed by atoms with Crippen LogP contribution in [0.1, 0.15) is 34.5 Å². The molecule has 0 saturated carbocycles. The van der Waals surface area contributed by atoms with Gasteiger partial charge in [0.2, 0.25) is 0 Å². The number of para-hydroxylation sites is 1. The fourth-order valence-electron chi connectivity index (χ4n) is 4.48. The Morgan fingerprint density at radius 2 is 1.86 bits per heavy atom. The fourth-order valence-corrected chi connectivity index (χ4v) is 4.48. The SMILES string of the molecule is Cc1cn(-c2cc(NC(=O)c3ccc(C)c(Oc4ccccc4)c3)cc(N3CCCC(N)C3)c2)cn1. The van der Waals surface area contributed by atoms with Crippen LogP contribution >= 0.6 is 0 Å². The highest BCUT2D eigenvalue weighted by Crippen LogP contribution is 2.29. The smallest absolute Gasteiger partial charge is 0.255 e. The lowest BCUT2D eigenvalue weighted by molar-refractivity contribution is 0.102. The molecule has 1 aliphatic rings. The number of imidazole rings is 1. The van der Waals surface area contributed by atoms with Crippen LogP contribution in [0.5, 0.6) is 11.5 Å². The molecular weight excluding hydrogens is 450 g/mol. The molecule has 0 spiro atoms. The normalized spacial score (nSPS) is 15.5. The van der Waals surface area contributed by atoms with Gasteiger partial charge in [-0.2, -0.15) is 0 Å². The minimum absolute atomic E-state index is 0.145. The number of rotatable bonds is 6. The van der Waals surface area contributed by atoms with Gasteiger partial charge in [0.25, 0.3) is 5.91 Å². The first-order valence-electron chi connectivity index (χ1n) is 12.3. The van der Waals surface area contributed by atoms with E-state index >= 15 is 0 Å². The Labute approximate surface area is 211 Å². The van der Waals surface area contributed by atoms with Crippen molar-refractivity contribution in [2.75, 3.05) is 23.3 Å². The zero-order chi connectivity index (χ0) is 25.1. The second kappa shape index (κ2) is 10.3. The Kier molecular flexibility index (Phi) is 6.73. The van der Waals surface area contributed by atoms with Gasteiger partial charge in [0.15, 0.2) is 0 Å². The van der Waals surface area contributed by atoms with Crippen molar-refractivity contribution < 1.29 is 9.53 Å². The second-order valence-corrected chi connectivity index (χ2v) is 9.36. The van der Waals surface area contributed by atoms with E-state index in [0.717, 1.165) is 54.3 Å². The average molecular weight is 482 g/mol. The highest BCUT2D eigenvalue weighted by Gasteiger charge is 2.19. The maximum atomic E-state index is 13.3. The Hall–Kier alpha value is -4.10. The lowest BCUT2D eigenvalue weighted by atomic mass is 10.1. The van der Waals surface area contributed by atoms with Gasteiger partial charge < -0.3 is 25.3 Å². The van der Waals surface area contributed by atoms with Crippen molar-refractivity contribution in [1.29, 1.82) is 0 Å². The number of hydrogen-bond acceptors (Lipinski definition) is 5. The molecule has 1 amide bonds. The number of piperidine rings is 1. The van der Waals surface area contributed by atoms with E-state index in [-0.39, 0.29) is 11.9 Å². The third-order valence-corrected chi connectivity index (χ3v) is 6.41. The molecule has 1 aromatic heterocycles. The molecule has 36 heavy (non-hydrogen) atoms. The highest BCUT2D eigenvalue weighted by atomic mass is 16.5. The monoisotopic (exact) mass is 481 g/mol. The maximum absolute atomic E-state index is 13.3. The Bertz CT molecular complexity index is 1370. The van der Waals surface area contributed by atoms with Gasteiger partial charge in [0.05, 0.1) is 17.7 Å². The zero-order valence-electron chi connectivity index (χ0n) is 20.6. The molecule has 184 valence electrons. The van der Waals surface area contributed by atoms with Crippen molar-refractivity contribution >= 4 is 17.3 Å². The van der Waals surface area contributed by atoms with Crippen molar-refractivity contribution in [2.45, 2.75) is 32.7 Å². The first-order valence-corrected chi connectivity index (χ1v) is 12.3. The number of ether oxygens (including phenoxy) is 1. The van der Waals surface area contributed by atoms with E-state index in [1.165, 1.54) is 0 Å². The van der Waals surface area contributed by atoms with Gasteiger partial charge >= 0.3 is 0 Å². The van der Waals surface area contributed by atoms with Crippen molar-refractivity contribution in [1.82, 2.24) is 9.55 Å². The van der Waals surface area contributed by atoms with E-state index in [0.29, 0.717) is 17.0 Å². The summed E-state index contributed by atoms with van der Waals surface area (Å²) in [4.78, 5) is 20.0. The highest BCUT2D eigenvalue weighted by molar-refractivity contribution is 6.05. The maximum Gasteiger partial charge on any atom is 0.255 e. The van der Waals surface area contributed by atoms with E-state index in [9.17, 15) is 4.79 Å². The molecule has 1 unspecified atom stereocenters. The zero-order valence-corrected chi connectivity index (χ0v) is 20.6. The molecule has 4 aromatic rings. The molecule has 0 radical (unpaired) electrons. The van der Waals surface area contributed by atoms with E-state index < -0.39 is 0 Å². The quantitative estimate of drug-likeness (QED) is 0.382. The van der Waals surface area contributed by atoms with E-state index in [4.69, 9.17) is 10.5 Å². The minimum Gasteiger partial charge on any atom is -0.457 e. The lowest BCUT2D eigenvalue weighted by Gasteiger charge is -2.33. The van der Waals surface area contributed by atoms with Crippen LogP contribution < -0.4 is 20.7 Å². The van der Waals surface area contributed by atoms with Crippen LogP contribution in [0.25, 0.3) is 5.69 Å². The van der Waals surface area contributed by atoms with Crippen LogP contribution in [0.4, 0.5) is 11.4 Å². The topological polar surface area (TPSA) is 85.4 Å². The van der Waals surface area contributed by atoms with Crippen LogP contribution in [0.15, 0.2) is 79.3 Å². The van der Waals surface area contributed by atoms with Crippen molar-refractivity contribution in [2.24, 2.45) is 5.73 Å². The third-order valence-electron chi connectivity index (χ3n) is 6.41. The van der Waals surface area contributed by atoms with Crippen LogP contribution in [0.3, 0.4) is 0 Å². The summed E-state index contributed by atoms with van der Waals surface area (Å²) in [6, 6.07) is 21.3. The summed E-state index contributed by atoms with van der Waals surface area (Å²) in [5, 5.41) is 3.09. The standard InChI is InChI=1S/C29H31N5O2/c1-20-10-11-22(13-28(20)36-27-8-4-3-5-9-27)29(35)32-24-14-25(33-12-6-7-23(30)18-33)16-26(15-24)34-17-21(2)31-19-34/h3-5,8-11,13-17,19,23H,6-7,12,18,30H2,1-2H3,(H,32,35). The molecule has 5 rings (SSSR count). The van der Waals surface area contributed by atoms with Crippen molar-refractivity contribution in [3.63, 3.8) is 0 Å². The van der Waals surface area contributed by atoms with E-state index in [1.54, 1.807) is 12.4 Å². The molecule has 7 nitrogen and oxygen atoms in total. The predicted octanol–water partition coefficient (Wildman–Crippen LogP) is 5.46. The number of nitrogens with two attached hydrogens (primary N) is 1. The first-order chi connectivity index (χ1) is 17.4. The lowest BCUT2D eigenvalue weighted by Crippen LogP contribution is -2.42. The van der Waals surface area contributed by atoms with Crippen molar-refractivity contribution in [3.05, 3.63) is 96.1 Å². The predicted molar refractivity (Wildman–Crippen MR) is 143 cm³/mol. The van der Waals surface area contributed by atoms with Crippen LogP contribution in [-0.4, -0.2) is 34.6 Å². The summed E-state index contributed by atoms with van der Waals surface area (Å²) >= 11 is 0. The summed E-state index contributed by atoms with van der Waals surface area (Å²) in [7, 11) is 0. The summed E-state index contributed by atoms with van der Waals surface area (Å²) in [5.74, 6) is 1.18. The second-order valence-electron chi connectivity index (χ2n) is 9.36. The summed E-state index contributed by atoms with van der Waals surface area (Å²) in [6.45, 7) is 5.65. The van der Waals surface area contributed by atoms with E-state index in [1.807, 2.05) is 79.2 Å². The third kappa shape index (κ3) is 5.42. The number of anilines is 2. The average Bonchev–Trinajstić information content (AvgIpc) is 3.32. The van der Waals surface area contributed by atoms with Gasteiger partial charge in [0, 0.05) is 42.3 Å². The van der Waals surface area contributed by atoms with Crippen molar-refractivity contribution in [3.8, 4) is 17.2 Å². The molecule has 1 atom stereocenters. The summed E-state index contributed by atoms with van der Waals surface area (Å²) in [6.07, 6.45) is 5.83. The minimum atomic E-state index is -0.201. The largest absolute Gasteiger partial charge is 0.457 e. The van der Waals surface area contributed by atoms with Gasteiger partial charge in [-0.3, -0.25) is 4.79 Å². The van der Waals surface area contributed by atoms with Gasteiger partial charge in [-0.1, -0.05) is 24.3 Å². The summed E-state index contributed by atoms with van der Waals surface area (Å²) in [5.41, 5.74) is 11.3. The number of amides is 1. The molecule has 7 heteroatoms. The van der Waals surface area contributed by atoms with Crippen LogP contribution in [0, 0.1) is 13.8 Å². The molecule has 3 aromatic carbocycles. The summed E-state index contributed by atoms with van der Waals surface area (Å²) < 4.78 is 8.00. The number of carbonyl (C=O) groups excluding carboxylic acids is 1. The van der Waals surface area contributed by atoms with Gasteiger partial charge in [-0.15, -0.1) is 0 Å². The van der Waals surface area contributed by atoms with Gasteiger partial charge in [0.1, 0.15) is 11.5 Å². The molecular formula is C29H31N5O2. The molecule has 3 N–H and O–H groups in total.